The Kier molecular flexibility index (Phi) is 5.73. The van der Waals surface area contributed by atoms with E-state index in [1.807, 2.05) is 6.07 Å². The van der Waals surface area contributed by atoms with Crippen molar-refractivity contribution in [2.24, 2.45) is 0 Å². The molecule has 0 spiro atoms. The fourth-order valence-electron chi connectivity index (χ4n) is 2.70. The molecule has 2 aliphatic rings. The zero-order valence-corrected chi connectivity index (χ0v) is 13.2. The molecule has 1 aromatic heterocycles. The van der Waals surface area contributed by atoms with Crippen molar-refractivity contribution >= 4 is 11.9 Å². The Labute approximate surface area is 135 Å². The molecule has 1 aromatic rings. The minimum atomic E-state index is -0.0280. The van der Waals surface area contributed by atoms with Gasteiger partial charge in [0.25, 0.3) is 0 Å². The summed E-state index contributed by atoms with van der Waals surface area (Å²) >= 11 is 0. The van der Waals surface area contributed by atoms with Gasteiger partial charge in [-0.05, 0) is 6.07 Å². The number of aromatic nitrogens is 2. The summed E-state index contributed by atoms with van der Waals surface area (Å²) in [6, 6.07) is 1.81. The largest absolute Gasteiger partial charge is 0.376 e. The Morgan fingerprint density at radius 1 is 1.22 bits per heavy atom. The van der Waals surface area contributed by atoms with E-state index in [0.717, 1.165) is 32.1 Å². The predicted molar refractivity (Wildman–Crippen MR) is 84.3 cm³/mol. The van der Waals surface area contributed by atoms with E-state index in [1.54, 1.807) is 12.4 Å². The second-order valence-electron chi connectivity index (χ2n) is 5.68. The molecule has 0 aromatic carbocycles. The summed E-state index contributed by atoms with van der Waals surface area (Å²) in [6.45, 7) is 6.03. The normalized spacial score (nSPS) is 22.8. The molecule has 1 unspecified atom stereocenters. The fourth-order valence-corrected chi connectivity index (χ4v) is 2.70. The van der Waals surface area contributed by atoms with Gasteiger partial charge in [0.15, 0.2) is 0 Å². The third kappa shape index (κ3) is 4.85. The molecular formula is C15H23N5O3. The van der Waals surface area contributed by atoms with Gasteiger partial charge < -0.3 is 19.7 Å². The van der Waals surface area contributed by atoms with Crippen molar-refractivity contribution in [1.82, 2.24) is 20.2 Å². The van der Waals surface area contributed by atoms with E-state index in [2.05, 4.69) is 25.1 Å². The number of nitrogens with zero attached hydrogens (tertiary/aromatic N) is 4. The summed E-state index contributed by atoms with van der Waals surface area (Å²) in [4.78, 5) is 24.8. The van der Waals surface area contributed by atoms with Gasteiger partial charge in [-0.15, -0.1) is 0 Å². The van der Waals surface area contributed by atoms with Crippen molar-refractivity contribution in [3.05, 3.63) is 18.5 Å². The first-order valence-corrected chi connectivity index (χ1v) is 8.01. The molecule has 1 atom stereocenters. The molecule has 2 saturated heterocycles. The highest BCUT2D eigenvalue weighted by Gasteiger charge is 2.21. The molecule has 23 heavy (non-hydrogen) atoms. The average Bonchev–Trinajstić information content (AvgIpc) is 2.62. The maximum absolute atomic E-state index is 12.0. The van der Waals surface area contributed by atoms with E-state index >= 15 is 0 Å². The number of hydrogen-bond acceptors (Lipinski definition) is 7. The van der Waals surface area contributed by atoms with Crippen molar-refractivity contribution in [1.29, 1.82) is 0 Å². The van der Waals surface area contributed by atoms with E-state index in [0.29, 0.717) is 32.9 Å². The number of amides is 1. The Balaban J connectivity index is 1.36. The first-order chi connectivity index (χ1) is 11.3. The second-order valence-corrected chi connectivity index (χ2v) is 5.68. The number of ether oxygens (including phenoxy) is 2. The Bertz CT molecular complexity index is 487. The van der Waals surface area contributed by atoms with Gasteiger partial charge >= 0.3 is 0 Å². The summed E-state index contributed by atoms with van der Waals surface area (Å²) in [5.74, 6) is 0.787. The molecule has 3 rings (SSSR count). The van der Waals surface area contributed by atoms with Crippen LogP contribution in [0.15, 0.2) is 18.5 Å². The highest BCUT2D eigenvalue weighted by Crippen LogP contribution is 2.09. The van der Waals surface area contributed by atoms with Crippen LogP contribution in [0.25, 0.3) is 0 Å². The van der Waals surface area contributed by atoms with E-state index in [-0.39, 0.29) is 12.0 Å². The number of hydrogen-bond donors (Lipinski definition) is 1. The maximum atomic E-state index is 12.0. The zero-order chi connectivity index (χ0) is 15.9. The third-order valence-electron chi connectivity index (χ3n) is 3.99. The predicted octanol–water partition coefficient (Wildman–Crippen LogP) is -0.870. The monoisotopic (exact) mass is 321 g/mol. The molecule has 0 saturated carbocycles. The zero-order valence-electron chi connectivity index (χ0n) is 13.2. The van der Waals surface area contributed by atoms with Crippen molar-refractivity contribution in [3.63, 3.8) is 0 Å². The average molecular weight is 321 g/mol. The number of nitrogens with one attached hydrogen (secondary N) is 1. The molecule has 8 nitrogen and oxygen atoms in total. The van der Waals surface area contributed by atoms with Crippen molar-refractivity contribution in [2.45, 2.75) is 6.10 Å². The first kappa shape index (κ1) is 16.1. The van der Waals surface area contributed by atoms with Gasteiger partial charge in [-0.2, -0.15) is 0 Å². The van der Waals surface area contributed by atoms with Gasteiger partial charge in [0.1, 0.15) is 0 Å². The van der Waals surface area contributed by atoms with E-state index in [4.69, 9.17) is 9.47 Å². The Morgan fingerprint density at radius 3 is 2.70 bits per heavy atom. The van der Waals surface area contributed by atoms with Crippen molar-refractivity contribution < 1.29 is 14.3 Å². The van der Waals surface area contributed by atoms with Crippen LogP contribution in [-0.2, 0) is 14.3 Å². The minimum Gasteiger partial charge on any atom is -0.376 e. The summed E-state index contributed by atoms with van der Waals surface area (Å²) in [5, 5.41) is 2.92. The quantitative estimate of drug-likeness (QED) is 0.755. The van der Waals surface area contributed by atoms with Gasteiger partial charge in [-0.1, -0.05) is 0 Å². The van der Waals surface area contributed by atoms with Gasteiger partial charge in [0, 0.05) is 45.1 Å². The molecular weight excluding hydrogens is 298 g/mol. The van der Waals surface area contributed by atoms with Gasteiger partial charge in [-0.25, -0.2) is 9.97 Å². The molecule has 8 heteroatoms. The highest BCUT2D eigenvalue weighted by atomic mass is 16.6. The molecule has 0 bridgehead atoms. The third-order valence-corrected chi connectivity index (χ3v) is 3.99. The molecule has 1 amide bonds. The van der Waals surface area contributed by atoms with Crippen LogP contribution < -0.4 is 10.2 Å². The standard InChI is InChI=1S/C15H23N5O3/c21-14(18-10-13-12-22-8-9-23-13)11-19-4-6-20(7-5-19)15-16-2-1-3-17-15/h1-3,13H,4-12H2,(H,18,21). The fraction of sp³-hybridized carbons (Fsp3) is 0.667. The minimum absolute atomic E-state index is 0.0280. The van der Waals surface area contributed by atoms with Crippen LogP contribution in [0.4, 0.5) is 5.95 Å². The smallest absolute Gasteiger partial charge is 0.234 e. The van der Waals surface area contributed by atoms with Crippen LogP contribution in [0.5, 0.6) is 0 Å². The number of carbonyl (C=O) groups excluding carboxylic acids is 1. The highest BCUT2D eigenvalue weighted by molar-refractivity contribution is 5.78. The van der Waals surface area contributed by atoms with Gasteiger partial charge in [-0.3, -0.25) is 9.69 Å². The summed E-state index contributed by atoms with van der Waals surface area (Å²) in [6.07, 6.45) is 3.47. The SMILES string of the molecule is O=C(CN1CCN(c2ncccn2)CC1)NCC1COCCO1. The first-order valence-electron chi connectivity index (χ1n) is 8.01. The van der Waals surface area contributed by atoms with Crippen LogP contribution in [0.2, 0.25) is 0 Å². The lowest BCUT2D eigenvalue weighted by Crippen LogP contribution is -2.50. The molecule has 2 fully saturated rings. The molecule has 0 radical (unpaired) electrons. The number of carbonyl (C=O) groups is 1. The van der Waals surface area contributed by atoms with E-state index < -0.39 is 0 Å². The number of piperazine rings is 1. The molecule has 3 heterocycles. The van der Waals surface area contributed by atoms with Crippen LogP contribution in [0.3, 0.4) is 0 Å². The lowest BCUT2D eigenvalue weighted by atomic mass is 10.3. The summed E-state index contributed by atoms with van der Waals surface area (Å²) < 4.78 is 10.8. The van der Waals surface area contributed by atoms with Crippen LogP contribution in [-0.4, -0.2) is 86.0 Å². The number of anilines is 1. The van der Waals surface area contributed by atoms with Crippen LogP contribution >= 0.6 is 0 Å². The van der Waals surface area contributed by atoms with E-state index in [1.165, 1.54) is 0 Å². The topological polar surface area (TPSA) is 79.8 Å². The summed E-state index contributed by atoms with van der Waals surface area (Å²) in [7, 11) is 0. The number of rotatable bonds is 5. The lowest BCUT2D eigenvalue weighted by molar-refractivity contribution is -0.125. The van der Waals surface area contributed by atoms with Crippen LogP contribution in [0.1, 0.15) is 0 Å². The molecule has 2 aliphatic heterocycles. The molecule has 0 aliphatic carbocycles. The van der Waals surface area contributed by atoms with Crippen molar-refractivity contribution in [3.8, 4) is 0 Å². The van der Waals surface area contributed by atoms with Gasteiger partial charge in [0.2, 0.25) is 11.9 Å². The molecule has 1 N–H and O–H groups in total. The lowest BCUT2D eigenvalue weighted by Gasteiger charge is -2.34. The summed E-state index contributed by atoms with van der Waals surface area (Å²) in [5.41, 5.74) is 0. The van der Waals surface area contributed by atoms with Gasteiger partial charge in [0.05, 0.1) is 32.5 Å². The molecule has 126 valence electrons. The Hall–Kier alpha value is -1.77. The second kappa shape index (κ2) is 8.19. The van der Waals surface area contributed by atoms with Crippen LogP contribution in [0, 0.1) is 0 Å². The maximum Gasteiger partial charge on any atom is 0.234 e. The van der Waals surface area contributed by atoms with Crippen molar-refractivity contribution in [2.75, 3.05) is 64.0 Å². The van der Waals surface area contributed by atoms with E-state index in [9.17, 15) is 4.79 Å². The Morgan fingerprint density at radius 2 is 2.00 bits per heavy atom.